The number of carbonyl (C=O) groups is 2. The van der Waals surface area contributed by atoms with Crippen LogP contribution in [0.4, 0.5) is 10.1 Å². The van der Waals surface area contributed by atoms with Gasteiger partial charge in [-0.25, -0.2) is 4.39 Å². The Kier molecular flexibility index (Phi) is 5.91. The molecule has 2 N–H and O–H groups in total. The average Bonchev–Trinajstić information content (AvgIpc) is 2.71. The highest BCUT2D eigenvalue weighted by molar-refractivity contribution is 5.99. The summed E-state index contributed by atoms with van der Waals surface area (Å²) in [7, 11) is 0. The molecule has 0 aliphatic carbocycles. The van der Waals surface area contributed by atoms with Crippen molar-refractivity contribution in [2.24, 2.45) is 0 Å². The highest BCUT2D eigenvalue weighted by Crippen LogP contribution is 2.36. The van der Waals surface area contributed by atoms with Crippen molar-refractivity contribution in [2.45, 2.75) is 6.92 Å². The van der Waals surface area contributed by atoms with Gasteiger partial charge in [0.2, 0.25) is 0 Å². The molecule has 0 atom stereocenters. The van der Waals surface area contributed by atoms with E-state index in [1.165, 1.54) is 18.2 Å². The van der Waals surface area contributed by atoms with E-state index in [2.05, 4.69) is 10.6 Å². The van der Waals surface area contributed by atoms with Crippen LogP contribution in [0.25, 0.3) is 0 Å². The average molecular weight is 403 g/mol. The van der Waals surface area contributed by atoms with Crippen LogP contribution in [0.15, 0.2) is 30.3 Å². The minimum Gasteiger partial charge on any atom is -0.486 e. The first-order valence-electron chi connectivity index (χ1n) is 8.77. The summed E-state index contributed by atoms with van der Waals surface area (Å²) in [5.74, 6) is -1.22. The second-order valence-electron chi connectivity index (χ2n) is 6.25. The van der Waals surface area contributed by atoms with Crippen LogP contribution in [-0.2, 0) is 0 Å². The fourth-order valence-electron chi connectivity index (χ4n) is 2.69. The van der Waals surface area contributed by atoms with E-state index in [9.17, 15) is 24.1 Å². The van der Waals surface area contributed by atoms with Gasteiger partial charge in [0.15, 0.2) is 11.5 Å². The van der Waals surface area contributed by atoms with E-state index in [-0.39, 0.29) is 48.9 Å². The van der Waals surface area contributed by atoms with Crippen LogP contribution in [0, 0.1) is 22.9 Å². The number of halogens is 1. The number of nitrogens with one attached hydrogen (secondary N) is 2. The zero-order valence-corrected chi connectivity index (χ0v) is 15.5. The molecule has 0 bridgehead atoms. The lowest BCUT2D eigenvalue weighted by atomic mass is 10.1. The lowest BCUT2D eigenvalue weighted by Crippen LogP contribution is -2.35. The largest absolute Gasteiger partial charge is 0.486 e. The second kappa shape index (κ2) is 8.55. The summed E-state index contributed by atoms with van der Waals surface area (Å²) in [6, 6.07) is 6.52. The Morgan fingerprint density at radius 1 is 1.07 bits per heavy atom. The van der Waals surface area contributed by atoms with Crippen LogP contribution in [0.3, 0.4) is 0 Å². The second-order valence-corrected chi connectivity index (χ2v) is 6.25. The minimum atomic E-state index is -0.690. The van der Waals surface area contributed by atoms with Crippen molar-refractivity contribution in [3.63, 3.8) is 0 Å². The summed E-state index contributed by atoms with van der Waals surface area (Å²) in [5.41, 5.74) is -0.00571. The first-order valence-corrected chi connectivity index (χ1v) is 8.77. The van der Waals surface area contributed by atoms with E-state index in [1.54, 1.807) is 6.92 Å². The standard InChI is InChI=1S/C19H18FN3O6/c1-11-2-3-12(8-14(11)20)18(24)21-4-5-22-19(25)13-9-16-17(29-7-6-28-16)10-15(13)23(26)27/h2-3,8-10H,4-7H2,1H3,(H,21,24)(H,22,25). The fraction of sp³-hybridized carbons (Fsp3) is 0.263. The molecule has 1 heterocycles. The van der Waals surface area contributed by atoms with Crippen molar-refractivity contribution in [1.29, 1.82) is 0 Å². The summed E-state index contributed by atoms with van der Waals surface area (Å²) >= 11 is 0. The van der Waals surface area contributed by atoms with Gasteiger partial charge in [-0.15, -0.1) is 0 Å². The Balaban J connectivity index is 1.60. The predicted molar refractivity (Wildman–Crippen MR) is 99.9 cm³/mol. The van der Waals surface area contributed by atoms with Crippen molar-refractivity contribution in [3.8, 4) is 11.5 Å². The molecule has 10 heteroatoms. The van der Waals surface area contributed by atoms with Gasteiger partial charge < -0.3 is 20.1 Å². The number of ether oxygens (including phenoxy) is 2. The molecule has 0 saturated heterocycles. The molecule has 3 rings (SSSR count). The molecule has 0 aromatic heterocycles. The van der Waals surface area contributed by atoms with E-state index in [0.717, 1.165) is 12.1 Å². The number of nitro groups is 1. The van der Waals surface area contributed by atoms with Crippen LogP contribution < -0.4 is 20.1 Å². The number of fused-ring (bicyclic) bond motifs is 1. The summed E-state index contributed by atoms with van der Waals surface area (Å²) in [4.78, 5) is 35.0. The highest BCUT2D eigenvalue weighted by Gasteiger charge is 2.26. The third-order valence-corrected chi connectivity index (χ3v) is 4.23. The van der Waals surface area contributed by atoms with Gasteiger partial charge >= 0.3 is 0 Å². The third kappa shape index (κ3) is 4.60. The normalized spacial score (nSPS) is 12.2. The SMILES string of the molecule is Cc1ccc(C(=O)NCCNC(=O)c2cc3c(cc2[N+](=O)[O-])OCCO3)cc1F. The number of hydrogen-bond donors (Lipinski definition) is 2. The van der Waals surface area contributed by atoms with E-state index in [4.69, 9.17) is 9.47 Å². The van der Waals surface area contributed by atoms with E-state index >= 15 is 0 Å². The van der Waals surface area contributed by atoms with Crippen LogP contribution in [-0.4, -0.2) is 43.0 Å². The molecule has 0 spiro atoms. The van der Waals surface area contributed by atoms with Crippen LogP contribution in [0.2, 0.25) is 0 Å². The van der Waals surface area contributed by atoms with Gasteiger partial charge in [-0.2, -0.15) is 0 Å². The smallest absolute Gasteiger partial charge is 0.286 e. The van der Waals surface area contributed by atoms with Crippen LogP contribution in [0.5, 0.6) is 11.5 Å². The molecule has 2 aromatic carbocycles. The zero-order chi connectivity index (χ0) is 21.0. The Labute approximate surface area is 165 Å². The molecule has 152 valence electrons. The van der Waals surface area contributed by atoms with Gasteiger partial charge in [0.1, 0.15) is 24.6 Å². The van der Waals surface area contributed by atoms with Crippen LogP contribution in [0.1, 0.15) is 26.3 Å². The number of benzene rings is 2. The van der Waals surface area contributed by atoms with Crippen molar-refractivity contribution in [1.82, 2.24) is 10.6 Å². The number of rotatable bonds is 6. The first-order chi connectivity index (χ1) is 13.9. The van der Waals surface area contributed by atoms with Crippen molar-refractivity contribution in [3.05, 3.63) is 63.0 Å². The monoisotopic (exact) mass is 403 g/mol. The molecule has 0 unspecified atom stereocenters. The molecule has 0 fully saturated rings. The molecule has 2 aromatic rings. The Bertz CT molecular complexity index is 979. The zero-order valence-electron chi connectivity index (χ0n) is 15.5. The van der Waals surface area contributed by atoms with E-state index in [1.807, 2.05) is 0 Å². The van der Waals surface area contributed by atoms with Crippen molar-refractivity contribution < 1.29 is 28.4 Å². The third-order valence-electron chi connectivity index (χ3n) is 4.23. The van der Waals surface area contributed by atoms with Crippen LogP contribution >= 0.6 is 0 Å². The van der Waals surface area contributed by atoms with Gasteiger partial charge in [0.05, 0.1) is 11.0 Å². The summed E-state index contributed by atoms with van der Waals surface area (Å²) in [6.07, 6.45) is 0. The molecule has 2 amide bonds. The van der Waals surface area contributed by atoms with Gasteiger partial charge in [0, 0.05) is 24.7 Å². The van der Waals surface area contributed by atoms with Gasteiger partial charge in [0.25, 0.3) is 17.5 Å². The molecule has 1 aliphatic heterocycles. The lowest BCUT2D eigenvalue weighted by Gasteiger charge is -2.18. The molecular formula is C19H18FN3O6. The van der Waals surface area contributed by atoms with Gasteiger partial charge in [-0.1, -0.05) is 6.07 Å². The predicted octanol–water partition coefficient (Wildman–Crippen LogP) is 1.97. The number of hydrogen-bond acceptors (Lipinski definition) is 6. The van der Waals surface area contributed by atoms with Gasteiger partial charge in [-0.05, 0) is 24.6 Å². The Morgan fingerprint density at radius 2 is 1.69 bits per heavy atom. The van der Waals surface area contributed by atoms with E-state index in [0.29, 0.717) is 5.56 Å². The number of carbonyl (C=O) groups excluding carboxylic acids is 2. The Morgan fingerprint density at radius 3 is 2.31 bits per heavy atom. The molecule has 29 heavy (non-hydrogen) atoms. The fourth-order valence-corrected chi connectivity index (χ4v) is 2.69. The molecular weight excluding hydrogens is 385 g/mol. The molecule has 0 radical (unpaired) electrons. The highest BCUT2D eigenvalue weighted by atomic mass is 19.1. The summed E-state index contributed by atoms with van der Waals surface area (Å²) < 4.78 is 24.2. The van der Waals surface area contributed by atoms with Crippen molar-refractivity contribution in [2.75, 3.05) is 26.3 Å². The maximum Gasteiger partial charge on any atom is 0.286 e. The lowest BCUT2D eigenvalue weighted by molar-refractivity contribution is -0.385. The maximum atomic E-state index is 13.5. The maximum absolute atomic E-state index is 13.5. The quantitative estimate of drug-likeness (QED) is 0.432. The summed E-state index contributed by atoms with van der Waals surface area (Å²) in [5, 5.41) is 16.3. The number of aryl methyl sites for hydroxylation is 1. The van der Waals surface area contributed by atoms with Gasteiger partial charge in [-0.3, -0.25) is 19.7 Å². The Hall–Kier alpha value is -3.69. The minimum absolute atomic E-state index is 0.0184. The van der Waals surface area contributed by atoms with Crippen molar-refractivity contribution >= 4 is 17.5 Å². The topological polar surface area (TPSA) is 120 Å². The number of nitrogens with zero attached hydrogens (tertiary/aromatic N) is 1. The number of nitro benzene ring substituents is 1. The van der Waals surface area contributed by atoms with E-state index < -0.39 is 28.2 Å². The number of amides is 2. The molecule has 9 nitrogen and oxygen atoms in total. The first kappa shape index (κ1) is 20.1. The molecule has 0 saturated carbocycles. The molecule has 1 aliphatic rings. The summed E-state index contributed by atoms with van der Waals surface area (Å²) in [6.45, 7) is 2.20.